The molecule has 0 radical (unpaired) electrons. The molecule has 0 bridgehead atoms. The molecule has 0 amide bonds. The van der Waals surface area contributed by atoms with Crippen LogP contribution in [0, 0.1) is 0 Å². The first-order valence-corrected chi connectivity index (χ1v) is 9.17. The van der Waals surface area contributed by atoms with Gasteiger partial charge >= 0.3 is 6.18 Å². The first-order chi connectivity index (χ1) is 14.0. The second-order valence-corrected chi connectivity index (χ2v) is 7.45. The molecule has 2 aromatic heterocycles. The van der Waals surface area contributed by atoms with Crippen LogP contribution in [-0.2, 0) is 6.18 Å². The molecule has 3 rings (SSSR count). The van der Waals surface area contributed by atoms with Gasteiger partial charge in [0, 0.05) is 17.3 Å². The molecular weight excluding hydrogens is 421 g/mol. The van der Waals surface area contributed by atoms with Crippen LogP contribution in [-0.4, -0.2) is 37.2 Å². The lowest BCUT2D eigenvalue weighted by Gasteiger charge is -2.18. The van der Waals surface area contributed by atoms with Crippen molar-refractivity contribution in [2.45, 2.75) is 25.6 Å². The van der Waals surface area contributed by atoms with E-state index in [0.29, 0.717) is 10.7 Å². The topological polar surface area (TPSA) is 95.8 Å². The fourth-order valence-electron chi connectivity index (χ4n) is 2.33. The number of aromatic nitrogens is 4. The molecule has 0 atom stereocenters. The van der Waals surface area contributed by atoms with E-state index in [0.717, 1.165) is 6.07 Å². The minimum absolute atomic E-state index is 0.0610. The second kappa shape index (κ2) is 8.41. The summed E-state index contributed by atoms with van der Waals surface area (Å²) in [6, 6.07) is 10.2. The number of pyridine rings is 1. The second-order valence-electron chi connectivity index (χ2n) is 7.01. The van der Waals surface area contributed by atoms with E-state index in [1.54, 1.807) is 38.1 Å². The van der Waals surface area contributed by atoms with E-state index in [1.165, 1.54) is 12.1 Å². The molecule has 0 aliphatic rings. The molecule has 0 saturated carbocycles. The highest BCUT2D eigenvalue weighted by atomic mass is 35.5. The molecule has 0 spiro atoms. The van der Waals surface area contributed by atoms with Crippen molar-refractivity contribution in [3.05, 3.63) is 53.2 Å². The number of hydrogen-bond acceptors (Lipinski definition) is 7. The van der Waals surface area contributed by atoms with Gasteiger partial charge in [-0.05, 0) is 44.2 Å². The van der Waals surface area contributed by atoms with Crippen LogP contribution in [0.4, 0.5) is 30.8 Å². The van der Waals surface area contributed by atoms with E-state index >= 15 is 0 Å². The number of halogens is 4. The van der Waals surface area contributed by atoms with Crippen LogP contribution in [0.25, 0.3) is 11.5 Å². The highest BCUT2D eigenvalue weighted by Crippen LogP contribution is 2.29. The number of anilines is 3. The molecule has 1 aromatic carbocycles. The number of hydrogen-bond donors (Lipinski definition) is 3. The monoisotopic (exact) mass is 438 g/mol. The molecule has 0 saturated heterocycles. The number of nitrogens with one attached hydrogen (secondary N) is 2. The fraction of sp³-hybridized carbons (Fsp3) is 0.263. The van der Waals surface area contributed by atoms with Crippen LogP contribution in [0.1, 0.15) is 19.5 Å². The van der Waals surface area contributed by atoms with Crippen molar-refractivity contribution in [2.24, 2.45) is 0 Å². The Morgan fingerprint density at radius 3 is 2.33 bits per heavy atom. The summed E-state index contributed by atoms with van der Waals surface area (Å²) in [4.78, 5) is 16.2. The molecule has 0 unspecified atom stereocenters. The number of rotatable bonds is 6. The highest BCUT2D eigenvalue weighted by molar-refractivity contribution is 6.30. The van der Waals surface area contributed by atoms with Crippen LogP contribution in [0.2, 0.25) is 5.02 Å². The van der Waals surface area contributed by atoms with Gasteiger partial charge in [0.05, 0.1) is 5.60 Å². The Morgan fingerprint density at radius 2 is 1.67 bits per heavy atom. The third-order valence-corrected chi connectivity index (χ3v) is 3.90. The fourth-order valence-corrected chi connectivity index (χ4v) is 2.52. The Labute approximate surface area is 175 Å². The van der Waals surface area contributed by atoms with E-state index in [1.807, 2.05) is 0 Å². The Morgan fingerprint density at radius 1 is 0.967 bits per heavy atom. The number of aliphatic hydroxyl groups is 1. The van der Waals surface area contributed by atoms with Gasteiger partial charge in [0.15, 0.2) is 5.82 Å². The molecule has 7 nitrogen and oxygen atoms in total. The SMILES string of the molecule is CC(C)(O)CNc1nc(Nc2cccc(Cl)c2)nc(-c2cccc(C(F)(F)F)n2)n1. The molecule has 0 aliphatic heterocycles. The lowest BCUT2D eigenvalue weighted by atomic mass is 10.1. The Hall–Kier alpha value is -2.98. The van der Waals surface area contributed by atoms with Crippen LogP contribution in [0.15, 0.2) is 42.5 Å². The summed E-state index contributed by atoms with van der Waals surface area (Å²) >= 11 is 5.98. The van der Waals surface area contributed by atoms with Gasteiger partial charge < -0.3 is 15.7 Å². The largest absolute Gasteiger partial charge is 0.433 e. The van der Waals surface area contributed by atoms with Crippen molar-refractivity contribution in [1.82, 2.24) is 19.9 Å². The molecule has 0 aliphatic carbocycles. The van der Waals surface area contributed by atoms with Gasteiger partial charge in [-0.25, -0.2) is 4.98 Å². The molecule has 158 valence electrons. The lowest BCUT2D eigenvalue weighted by molar-refractivity contribution is -0.141. The first kappa shape index (κ1) is 21.7. The Kier molecular flexibility index (Phi) is 6.09. The van der Waals surface area contributed by atoms with Gasteiger partial charge in [-0.15, -0.1) is 0 Å². The van der Waals surface area contributed by atoms with Crippen LogP contribution in [0.3, 0.4) is 0 Å². The summed E-state index contributed by atoms with van der Waals surface area (Å²) in [6.07, 6.45) is -4.60. The molecule has 2 heterocycles. The van der Waals surface area contributed by atoms with E-state index in [2.05, 4.69) is 30.6 Å². The maximum absolute atomic E-state index is 13.0. The smallest absolute Gasteiger partial charge is 0.389 e. The number of nitrogens with zero attached hydrogens (tertiary/aromatic N) is 4. The molecule has 30 heavy (non-hydrogen) atoms. The van der Waals surface area contributed by atoms with Crippen LogP contribution >= 0.6 is 11.6 Å². The predicted octanol–water partition coefficient (Wildman–Crippen LogP) is 4.53. The summed E-state index contributed by atoms with van der Waals surface area (Å²) in [5, 5.41) is 16.2. The third kappa shape index (κ3) is 6.01. The van der Waals surface area contributed by atoms with Crippen molar-refractivity contribution < 1.29 is 18.3 Å². The zero-order valence-electron chi connectivity index (χ0n) is 16.0. The van der Waals surface area contributed by atoms with E-state index < -0.39 is 17.5 Å². The van der Waals surface area contributed by atoms with E-state index in [4.69, 9.17) is 11.6 Å². The van der Waals surface area contributed by atoms with Gasteiger partial charge in [-0.2, -0.15) is 28.1 Å². The number of alkyl halides is 3. The summed E-state index contributed by atoms with van der Waals surface area (Å²) in [5.74, 6) is 0.0597. The van der Waals surface area contributed by atoms with Crippen molar-refractivity contribution in [1.29, 1.82) is 0 Å². The van der Waals surface area contributed by atoms with Crippen molar-refractivity contribution >= 4 is 29.2 Å². The van der Waals surface area contributed by atoms with Crippen LogP contribution in [0.5, 0.6) is 0 Å². The third-order valence-electron chi connectivity index (χ3n) is 3.66. The summed E-state index contributed by atoms with van der Waals surface area (Å²) < 4.78 is 39.1. The van der Waals surface area contributed by atoms with Gasteiger partial charge in [0.25, 0.3) is 0 Å². The predicted molar refractivity (Wildman–Crippen MR) is 108 cm³/mol. The Balaban J connectivity index is 2.01. The normalized spacial score (nSPS) is 12.0. The zero-order chi connectivity index (χ0) is 21.9. The standard InChI is InChI=1S/C19H18ClF3N6O/c1-18(2,30)10-24-16-27-15(13-7-4-8-14(26-13)19(21,22)23)28-17(29-16)25-12-6-3-5-11(20)9-12/h3-9,30H,10H2,1-2H3,(H2,24,25,27,28,29). The number of benzene rings is 1. The van der Waals surface area contributed by atoms with Gasteiger partial charge in [-0.3, -0.25) is 0 Å². The van der Waals surface area contributed by atoms with E-state index in [9.17, 15) is 18.3 Å². The average molecular weight is 439 g/mol. The maximum Gasteiger partial charge on any atom is 0.433 e. The average Bonchev–Trinajstić information content (AvgIpc) is 2.65. The minimum atomic E-state index is -4.60. The lowest BCUT2D eigenvalue weighted by Crippen LogP contribution is -2.30. The Bertz CT molecular complexity index is 1040. The van der Waals surface area contributed by atoms with Crippen LogP contribution < -0.4 is 10.6 Å². The van der Waals surface area contributed by atoms with Gasteiger partial charge in [-0.1, -0.05) is 23.7 Å². The maximum atomic E-state index is 13.0. The minimum Gasteiger partial charge on any atom is -0.389 e. The van der Waals surface area contributed by atoms with E-state index in [-0.39, 0.29) is 30.0 Å². The molecule has 11 heteroatoms. The van der Waals surface area contributed by atoms with Crippen molar-refractivity contribution in [2.75, 3.05) is 17.2 Å². The zero-order valence-corrected chi connectivity index (χ0v) is 16.8. The quantitative estimate of drug-likeness (QED) is 0.520. The first-order valence-electron chi connectivity index (χ1n) is 8.79. The molecular formula is C19H18ClF3N6O. The van der Waals surface area contributed by atoms with Crippen molar-refractivity contribution in [3.8, 4) is 11.5 Å². The highest BCUT2D eigenvalue weighted by Gasteiger charge is 2.32. The molecule has 0 fully saturated rings. The van der Waals surface area contributed by atoms with Gasteiger partial charge in [0.2, 0.25) is 11.9 Å². The summed E-state index contributed by atoms with van der Waals surface area (Å²) in [5.41, 5.74) is -1.63. The summed E-state index contributed by atoms with van der Waals surface area (Å²) in [7, 11) is 0. The van der Waals surface area contributed by atoms with Crippen molar-refractivity contribution in [3.63, 3.8) is 0 Å². The summed E-state index contributed by atoms with van der Waals surface area (Å²) in [6.45, 7) is 3.27. The molecule has 3 aromatic rings. The van der Waals surface area contributed by atoms with Gasteiger partial charge in [0.1, 0.15) is 11.4 Å². The molecule has 3 N–H and O–H groups in total.